The van der Waals surface area contributed by atoms with E-state index in [1.165, 1.54) is 27.2 Å². The normalized spacial score (nSPS) is 11.4. The van der Waals surface area contributed by atoms with Crippen molar-refractivity contribution in [3.8, 4) is 17.2 Å². The Morgan fingerprint density at radius 3 is 2.38 bits per heavy atom. The van der Waals surface area contributed by atoms with Crippen molar-refractivity contribution in [1.82, 2.24) is 0 Å². The molecule has 0 spiro atoms. The summed E-state index contributed by atoms with van der Waals surface area (Å²) in [6, 6.07) is 7.95. The third kappa shape index (κ3) is 5.54. The number of anilines is 1. The van der Waals surface area contributed by atoms with Gasteiger partial charge in [-0.1, -0.05) is 11.6 Å². The SMILES string of the molecule is CCOc1cc(C(=O)OC(C)C(=O)Nc2cc(C)c(Cl)cc2OC)ccc1OC. The van der Waals surface area contributed by atoms with Gasteiger partial charge in [0.2, 0.25) is 0 Å². The first-order chi connectivity index (χ1) is 13.8. The smallest absolute Gasteiger partial charge is 0.339 e. The number of carbonyl (C=O) groups is 2. The molecule has 0 heterocycles. The molecule has 0 saturated heterocycles. The van der Waals surface area contributed by atoms with Crippen LogP contribution in [0, 0.1) is 6.92 Å². The van der Waals surface area contributed by atoms with E-state index in [4.69, 9.17) is 30.5 Å². The van der Waals surface area contributed by atoms with E-state index in [0.29, 0.717) is 34.6 Å². The maximum absolute atomic E-state index is 12.5. The van der Waals surface area contributed by atoms with Crippen LogP contribution in [0.4, 0.5) is 5.69 Å². The zero-order valence-corrected chi connectivity index (χ0v) is 17.8. The summed E-state index contributed by atoms with van der Waals surface area (Å²) >= 11 is 6.08. The minimum Gasteiger partial charge on any atom is -0.495 e. The molecule has 7 nitrogen and oxygen atoms in total. The molecule has 1 N–H and O–H groups in total. The fraction of sp³-hybridized carbons (Fsp3) is 0.333. The summed E-state index contributed by atoms with van der Waals surface area (Å²) in [4.78, 5) is 24.9. The van der Waals surface area contributed by atoms with Gasteiger partial charge in [0.1, 0.15) is 5.75 Å². The van der Waals surface area contributed by atoms with E-state index in [2.05, 4.69) is 5.32 Å². The van der Waals surface area contributed by atoms with E-state index in [1.807, 2.05) is 6.92 Å². The van der Waals surface area contributed by atoms with Gasteiger partial charge in [0.05, 0.1) is 32.1 Å². The van der Waals surface area contributed by atoms with Gasteiger partial charge in [0.25, 0.3) is 5.91 Å². The van der Waals surface area contributed by atoms with E-state index >= 15 is 0 Å². The van der Waals surface area contributed by atoms with Crippen LogP contribution in [-0.4, -0.2) is 38.8 Å². The molecule has 2 aromatic rings. The average Bonchev–Trinajstić information content (AvgIpc) is 2.70. The van der Waals surface area contributed by atoms with Crippen LogP contribution >= 0.6 is 11.6 Å². The van der Waals surface area contributed by atoms with Crippen molar-refractivity contribution in [1.29, 1.82) is 0 Å². The molecular weight excluding hydrogens is 398 g/mol. The third-order valence-corrected chi connectivity index (χ3v) is 4.50. The molecule has 8 heteroatoms. The largest absolute Gasteiger partial charge is 0.495 e. The fourth-order valence-electron chi connectivity index (χ4n) is 2.52. The molecule has 1 atom stereocenters. The second kappa shape index (κ2) is 10.0. The number of halogens is 1. The minimum atomic E-state index is -1.04. The maximum atomic E-state index is 12.5. The van der Waals surface area contributed by atoms with Crippen LogP contribution in [0.1, 0.15) is 29.8 Å². The second-order valence-corrected chi connectivity index (χ2v) is 6.54. The highest BCUT2D eigenvalue weighted by Crippen LogP contribution is 2.31. The van der Waals surface area contributed by atoms with Gasteiger partial charge in [-0.25, -0.2) is 4.79 Å². The first-order valence-electron chi connectivity index (χ1n) is 8.97. The zero-order valence-electron chi connectivity index (χ0n) is 17.0. The molecule has 0 aliphatic carbocycles. The summed E-state index contributed by atoms with van der Waals surface area (Å²) in [5, 5.41) is 3.21. The van der Waals surface area contributed by atoms with Crippen LogP contribution in [0.25, 0.3) is 0 Å². The van der Waals surface area contributed by atoms with Gasteiger partial charge < -0.3 is 24.3 Å². The van der Waals surface area contributed by atoms with Crippen LogP contribution in [-0.2, 0) is 9.53 Å². The van der Waals surface area contributed by atoms with Crippen molar-refractivity contribution in [3.63, 3.8) is 0 Å². The summed E-state index contributed by atoms with van der Waals surface area (Å²) in [6.45, 7) is 5.52. The fourth-order valence-corrected chi connectivity index (χ4v) is 2.67. The van der Waals surface area contributed by atoms with Crippen LogP contribution in [0.5, 0.6) is 17.2 Å². The standard InChI is InChI=1S/C21H24ClNO6/c1-6-28-19-10-14(7-8-17(19)26-4)21(25)29-13(3)20(24)23-16-9-12(2)15(22)11-18(16)27-5/h7-11,13H,6H2,1-5H3,(H,23,24). The number of benzene rings is 2. The summed E-state index contributed by atoms with van der Waals surface area (Å²) in [7, 11) is 2.98. The number of nitrogens with one attached hydrogen (secondary N) is 1. The molecule has 0 saturated carbocycles. The van der Waals surface area contributed by atoms with Gasteiger partial charge in [0, 0.05) is 11.1 Å². The zero-order chi connectivity index (χ0) is 21.6. The molecule has 0 aliphatic heterocycles. The lowest BCUT2D eigenvalue weighted by atomic mass is 10.2. The Labute approximate surface area is 174 Å². The predicted molar refractivity (Wildman–Crippen MR) is 110 cm³/mol. The molecule has 0 aliphatic rings. The topological polar surface area (TPSA) is 83.1 Å². The summed E-state index contributed by atoms with van der Waals surface area (Å²) in [5.74, 6) is 0.165. The van der Waals surface area contributed by atoms with Crippen molar-refractivity contribution < 1.29 is 28.5 Å². The summed E-state index contributed by atoms with van der Waals surface area (Å²) < 4.78 is 21.2. The first-order valence-corrected chi connectivity index (χ1v) is 9.35. The third-order valence-electron chi connectivity index (χ3n) is 4.09. The molecule has 1 amide bonds. The number of amides is 1. The van der Waals surface area contributed by atoms with Gasteiger partial charge in [-0.05, 0) is 50.6 Å². The van der Waals surface area contributed by atoms with Gasteiger partial charge in [-0.3, -0.25) is 4.79 Å². The highest BCUT2D eigenvalue weighted by molar-refractivity contribution is 6.31. The Morgan fingerprint density at radius 1 is 1.07 bits per heavy atom. The van der Waals surface area contributed by atoms with Gasteiger partial charge in [-0.15, -0.1) is 0 Å². The number of carbonyl (C=O) groups excluding carboxylic acids is 2. The lowest BCUT2D eigenvalue weighted by molar-refractivity contribution is -0.123. The van der Waals surface area contributed by atoms with E-state index < -0.39 is 18.0 Å². The molecule has 2 rings (SSSR count). The molecule has 29 heavy (non-hydrogen) atoms. The number of methoxy groups -OCH3 is 2. The molecule has 0 bridgehead atoms. The van der Waals surface area contributed by atoms with E-state index in [9.17, 15) is 9.59 Å². The highest BCUT2D eigenvalue weighted by Gasteiger charge is 2.21. The summed E-state index contributed by atoms with van der Waals surface area (Å²) in [6.07, 6.45) is -1.04. The van der Waals surface area contributed by atoms with Crippen LogP contribution in [0.15, 0.2) is 30.3 Å². The highest BCUT2D eigenvalue weighted by atomic mass is 35.5. The molecule has 0 radical (unpaired) electrons. The molecule has 156 valence electrons. The van der Waals surface area contributed by atoms with Crippen molar-refractivity contribution in [2.75, 3.05) is 26.1 Å². The van der Waals surface area contributed by atoms with Crippen molar-refractivity contribution in [2.45, 2.75) is 26.9 Å². The number of ether oxygens (including phenoxy) is 4. The van der Waals surface area contributed by atoms with E-state index in [0.717, 1.165) is 5.56 Å². The van der Waals surface area contributed by atoms with Crippen LogP contribution < -0.4 is 19.5 Å². The Bertz CT molecular complexity index is 899. The number of aryl methyl sites for hydroxylation is 1. The number of esters is 1. The number of hydrogen-bond acceptors (Lipinski definition) is 6. The van der Waals surface area contributed by atoms with Crippen molar-refractivity contribution in [3.05, 3.63) is 46.5 Å². The Balaban J connectivity index is 2.11. The Morgan fingerprint density at radius 2 is 1.76 bits per heavy atom. The van der Waals surface area contributed by atoms with Crippen molar-refractivity contribution >= 4 is 29.2 Å². The van der Waals surface area contributed by atoms with Crippen LogP contribution in [0.2, 0.25) is 5.02 Å². The minimum absolute atomic E-state index is 0.244. The quantitative estimate of drug-likeness (QED) is 0.641. The average molecular weight is 422 g/mol. The number of hydrogen-bond donors (Lipinski definition) is 1. The molecule has 0 aromatic heterocycles. The van der Waals surface area contributed by atoms with E-state index in [1.54, 1.807) is 31.2 Å². The lowest BCUT2D eigenvalue weighted by Gasteiger charge is -2.16. The van der Waals surface area contributed by atoms with Crippen LogP contribution in [0.3, 0.4) is 0 Å². The van der Waals surface area contributed by atoms with Gasteiger partial charge in [-0.2, -0.15) is 0 Å². The maximum Gasteiger partial charge on any atom is 0.339 e. The summed E-state index contributed by atoms with van der Waals surface area (Å²) in [5.41, 5.74) is 1.45. The lowest BCUT2D eigenvalue weighted by Crippen LogP contribution is -2.30. The predicted octanol–water partition coefficient (Wildman–Crippen LogP) is 4.25. The van der Waals surface area contributed by atoms with Gasteiger partial charge in [0.15, 0.2) is 17.6 Å². The molecular formula is C21H24ClNO6. The molecule has 2 aromatic carbocycles. The second-order valence-electron chi connectivity index (χ2n) is 6.14. The molecule has 0 fully saturated rings. The van der Waals surface area contributed by atoms with E-state index in [-0.39, 0.29) is 5.56 Å². The molecule has 1 unspecified atom stereocenters. The Hall–Kier alpha value is -2.93. The van der Waals surface area contributed by atoms with Crippen molar-refractivity contribution in [2.24, 2.45) is 0 Å². The first kappa shape index (κ1) is 22.4. The monoisotopic (exact) mass is 421 g/mol. The Kier molecular flexibility index (Phi) is 7.73. The van der Waals surface area contributed by atoms with Gasteiger partial charge >= 0.3 is 5.97 Å². The number of rotatable bonds is 8.